The number of rotatable bonds is 3. The van der Waals surface area contributed by atoms with Gasteiger partial charge in [-0.15, -0.1) is 0 Å². The molecular weight excluding hydrogens is 266 g/mol. The summed E-state index contributed by atoms with van der Waals surface area (Å²) >= 11 is 0. The predicted molar refractivity (Wildman–Crippen MR) is 70.9 cm³/mol. The third-order valence-electron chi connectivity index (χ3n) is 2.72. The monoisotopic (exact) mass is 276 g/mol. The molecule has 0 aliphatic heterocycles. The molecule has 3 aromatic rings. The molecule has 3 rings (SSSR count). The average Bonchev–Trinajstić information content (AvgIpc) is 2.91. The number of aromatic amines is 1. The van der Waals surface area contributed by atoms with Gasteiger partial charge in [0.2, 0.25) is 5.95 Å². The summed E-state index contributed by atoms with van der Waals surface area (Å²) in [6.45, 7) is 0. The molecule has 20 heavy (non-hydrogen) atoms. The highest BCUT2D eigenvalue weighted by atomic mass is 19.2. The van der Waals surface area contributed by atoms with Crippen molar-refractivity contribution in [3.8, 4) is 0 Å². The van der Waals surface area contributed by atoms with E-state index in [0.29, 0.717) is 28.5 Å². The standard InChI is InChI=1S/C12H10F2N6/c1-15-12-18-10(7-5-16-20-11(7)19-12)17-6-2-3-8(13)9(14)4-6/h2-5H,1H3,(H3,15,16,17,18,19,20). The fourth-order valence-electron chi connectivity index (χ4n) is 1.75. The van der Waals surface area contributed by atoms with E-state index < -0.39 is 11.6 Å². The number of nitrogens with one attached hydrogen (secondary N) is 3. The van der Waals surface area contributed by atoms with Crippen molar-refractivity contribution in [2.24, 2.45) is 0 Å². The van der Waals surface area contributed by atoms with Gasteiger partial charge in [-0.3, -0.25) is 5.10 Å². The Kier molecular flexibility index (Phi) is 2.90. The second-order valence-electron chi connectivity index (χ2n) is 4.03. The molecule has 2 heterocycles. The van der Waals surface area contributed by atoms with Crippen LogP contribution in [0, 0.1) is 11.6 Å². The van der Waals surface area contributed by atoms with Crippen LogP contribution in [0.25, 0.3) is 11.0 Å². The summed E-state index contributed by atoms with van der Waals surface area (Å²) < 4.78 is 26.1. The van der Waals surface area contributed by atoms with Crippen LogP contribution in [0.3, 0.4) is 0 Å². The molecule has 0 amide bonds. The lowest BCUT2D eigenvalue weighted by Gasteiger charge is -2.08. The fraction of sp³-hybridized carbons (Fsp3) is 0.0833. The number of aromatic nitrogens is 4. The molecule has 0 radical (unpaired) electrons. The second-order valence-corrected chi connectivity index (χ2v) is 4.03. The molecular formula is C12H10F2N6. The van der Waals surface area contributed by atoms with Crippen LogP contribution in [0.2, 0.25) is 0 Å². The van der Waals surface area contributed by atoms with E-state index in [9.17, 15) is 8.78 Å². The molecule has 0 fully saturated rings. The molecule has 0 saturated heterocycles. The highest BCUT2D eigenvalue weighted by molar-refractivity contribution is 5.88. The molecule has 102 valence electrons. The first-order valence-electron chi connectivity index (χ1n) is 5.78. The van der Waals surface area contributed by atoms with Gasteiger partial charge in [-0.1, -0.05) is 0 Å². The van der Waals surface area contributed by atoms with Crippen LogP contribution in [0.4, 0.5) is 26.2 Å². The third kappa shape index (κ3) is 2.11. The maximum absolute atomic E-state index is 13.2. The lowest BCUT2D eigenvalue weighted by Crippen LogP contribution is -2.01. The third-order valence-corrected chi connectivity index (χ3v) is 2.72. The summed E-state index contributed by atoms with van der Waals surface area (Å²) in [6, 6.07) is 3.53. The number of benzene rings is 1. The summed E-state index contributed by atoms with van der Waals surface area (Å²) in [6.07, 6.45) is 1.55. The zero-order valence-electron chi connectivity index (χ0n) is 10.4. The van der Waals surface area contributed by atoms with Crippen molar-refractivity contribution in [2.75, 3.05) is 17.7 Å². The Morgan fingerprint density at radius 2 is 2.00 bits per heavy atom. The highest BCUT2D eigenvalue weighted by Gasteiger charge is 2.10. The van der Waals surface area contributed by atoms with Gasteiger partial charge in [0, 0.05) is 18.8 Å². The molecule has 0 saturated carbocycles. The van der Waals surface area contributed by atoms with Crippen molar-refractivity contribution in [1.82, 2.24) is 20.2 Å². The molecule has 1 aromatic carbocycles. The quantitative estimate of drug-likeness (QED) is 0.684. The Bertz CT molecular complexity index is 770. The zero-order valence-corrected chi connectivity index (χ0v) is 10.4. The Morgan fingerprint density at radius 3 is 2.75 bits per heavy atom. The van der Waals surface area contributed by atoms with E-state index in [4.69, 9.17) is 0 Å². The summed E-state index contributed by atoms with van der Waals surface area (Å²) in [5.41, 5.74) is 0.918. The number of H-pyrrole nitrogens is 1. The molecule has 3 N–H and O–H groups in total. The smallest absolute Gasteiger partial charge is 0.226 e. The van der Waals surface area contributed by atoms with Gasteiger partial charge in [-0.25, -0.2) is 8.78 Å². The van der Waals surface area contributed by atoms with E-state index in [-0.39, 0.29) is 0 Å². The van der Waals surface area contributed by atoms with E-state index in [1.54, 1.807) is 13.2 Å². The van der Waals surface area contributed by atoms with Crippen LogP contribution in [0.15, 0.2) is 24.4 Å². The van der Waals surface area contributed by atoms with Gasteiger partial charge < -0.3 is 10.6 Å². The summed E-state index contributed by atoms with van der Waals surface area (Å²) in [5.74, 6) is -1.00. The van der Waals surface area contributed by atoms with Crippen LogP contribution in [0.5, 0.6) is 0 Å². The van der Waals surface area contributed by atoms with E-state index in [2.05, 4.69) is 30.8 Å². The first-order chi connectivity index (χ1) is 9.67. The summed E-state index contributed by atoms with van der Waals surface area (Å²) in [7, 11) is 1.68. The Hall–Kier alpha value is -2.77. The first kappa shape index (κ1) is 12.3. The van der Waals surface area contributed by atoms with Crippen molar-refractivity contribution in [1.29, 1.82) is 0 Å². The largest absolute Gasteiger partial charge is 0.357 e. The van der Waals surface area contributed by atoms with Gasteiger partial charge in [0.15, 0.2) is 17.3 Å². The van der Waals surface area contributed by atoms with E-state index in [0.717, 1.165) is 12.1 Å². The van der Waals surface area contributed by atoms with Crippen LogP contribution in [-0.4, -0.2) is 27.2 Å². The average molecular weight is 276 g/mol. The Balaban J connectivity index is 2.04. The summed E-state index contributed by atoms with van der Waals surface area (Å²) in [4.78, 5) is 8.40. The van der Waals surface area contributed by atoms with Crippen molar-refractivity contribution in [3.63, 3.8) is 0 Å². The molecule has 2 aromatic heterocycles. The van der Waals surface area contributed by atoms with E-state index >= 15 is 0 Å². The second kappa shape index (κ2) is 4.72. The topological polar surface area (TPSA) is 78.5 Å². The lowest BCUT2D eigenvalue weighted by atomic mass is 10.3. The zero-order chi connectivity index (χ0) is 14.1. The summed E-state index contributed by atoms with van der Waals surface area (Å²) in [5, 5.41) is 13.0. The molecule has 0 spiro atoms. The van der Waals surface area contributed by atoms with E-state index in [1.807, 2.05) is 0 Å². The van der Waals surface area contributed by atoms with Gasteiger partial charge in [0.05, 0.1) is 11.6 Å². The molecule has 6 nitrogen and oxygen atoms in total. The minimum absolute atomic E-state index is 0.381. The maximum Gasteiger partial charge on any atom is 0.226 e. The molecule has 0 aliphatic carbocycles. The minimum Gasteiger partial charge on any atom is -0.357 e. The van der Waals surface area contributed by atoms with Crippen molar-refractivity contribution >= 4 is 28.5 Å². The van der Waals surface area contributed by atoms with Gasteiger partial charge >= 0.3 is 0 Å². The number of hydrogen-bond acceptors (Lipinski definition) is 5. The van der Waals surface area contributed by atoms with Gasteiger partial charge in [0.1, 0.15) is 5.82 Å². The van der Waals surface area contributed by atoms with Gasteiger partial charge in [-0.2, -0.15) is 15.1 Å². The number of hydrogen-bond donors (Lipinski definition) is 3. The molecule has 0 atom stereocenters. The van der Waals surface area contributed by atoms with Gasteiger partial charge in [0.25, 0.3) is 0 Å². The number of halogens is 2. The van der Waals surface area contributed by atoms with Crippen LogP contribution < -0.4 is 10.6 Å². The molecule has 8 heteroatoms. The predicted octanol–water partition coefficient (Wildman–Crippen LogP) is 2.42. The Labute approximate surface area is 112 Å². The molecule has 0 unspecified atom stereocenters. The van der Waals surface area contributed by atoms with Gasteiger partial charge in [-0.05, 0) is 12.1 Å². The van der Waals surface area contributed by atoms with E-state index in [1.165, 1.54) is 6.07 Å². The van der Waals surface area contributed by atoms with Crippen LogP contribution in [-0.2, 0) is 0 Å². The normalized spacial score (nSPS) is 10.8. The molecule has 0 aliphatic rings. The Morgan fingerprint density at radius 1 is 1.15 bits per heavy atom. The number of nitrogens with zero attached hydrogens (tertiary/aromatic N) is 3. The SMILES string of the molecule is CNc1nc(Nc2ccc(F)c(F)c2)c2cn[nH]c2n1. The van der Waals surface area contributed by atoms with Crippen LogP contribution in [0.1, 0.15) is 0 Å². The fourth-order valence-corrected chi connectivity index (χ4v) is 1.75. The number of fused-ring (bicyclic) bond motifs is 1. The maximum atomic E-state index is 13.2. The van der Waals surface area contributed by atoms with Crippen molar-refractivity contribution < 1.29 is 8.78 Å². The van der Waals surface area contributed by atoms with Crippen molar-refractivity contribution in [2.45, 2.75) is 0 Å². The highest BCUT2D eigenvalue weighted by Crippen LogP contribution is 2.24. The van der Waals surface area contributed by atoms with Crippen LogP contribution >= 0.6 is 0 Å². The first-order valence-corrected chi connectivity index (χ1v) is 5.78. The van der Waals surface area contributed by atoms with Crippen molar-refractivity contribution in [3.05, 3.63) is 36.0 Å². The number of anilines is 3. The lowest BCUT2D eigenvalue weighted by molar-refractivity contribution is 0.509. The minimum atomic E-state index is -0.929. The molecule has 0 bridgehead atoms.